The summed E-state index contributed by atoms with van der Waals surface area (Å²) in [7, 11) is -3.37. The Morgan fingerprint density at radius 3 is 2.57 bits per heavy atom. The average Bonchev–Trinajstić information content (AvgIpc) is 2.81. The molecule has 0 radical (unpaired) electrons. The smallest absolute Gasteiger partial charge is 0.338 e. The van der Waals surface area contributed by atoms with E-state index in [4.69, 9.17) is 9.26 Å². The summed E-state index contributed by atoms with van der Waals surface area (Å²) in [4.78, 5) is 12.1. The maximum atomic E-state index is 12.0. The van der Waals surface area contributed by atoms with E-state index in [1.165, 1.54) is 12.1 Å². The summed E-state index contributed by atoms with van der Waals surface area (Å²) in [5.41, 5.74) is 1.36. The molecule has 21 heavy (non-hydrogen) atoms. The second-order valence-corrected chi connectivity index (χ2v) is 6.77. The van der Waals surface area contributed by atoms with Gasteiger partial charge in [0.25, 0.3) is 0 Å². The summed E-state index contributed by atoms with van der Waals surface area (Å²) in [6.07, 6.45) is 1.09. The van der Waals surface area contributed by atoms with Gasteiger partial charge in [0.05, 0.1) is 10.5 Å². The number of hydrogen-bond acceptors (Lipinski definition) is 6. The Labute approximate surface area is 122 Å². The van der Waals surface area contributed by atoms with Crippen LogP contribution < -0.4 is 0 Å². The summed E-state index contributed by atoms with van der Waals surface area (Å²) in [6.45, 7) is 3.42. The molecule has 1 aromatic heterocycles. The number of nitrogens with zero attached hydrogens (tertiary/aromatic N) is 1. The van der Waals surface area contributed by atoms with Crippen LogP contribution in [0, 0.1) is 13.8 Å². The van der Waals surface area contributed by atoms with Crippen molar-refractivity contribution < 1.29 is 22.5 Å². The van der Waals surface area contributed by atoms with Gasteiger partial charge in [-0.15, -0.1) is 0 Å². The average molecular weight is 309 g/mol. The molecule has 0 saturated heterocycles. The number of benzene rings is 1. The van der Waals surface area contributed by atoms with Crippen LogP contribution in [0.4, 0.5) is 0 Å². The van der Waals surface area contributed by atoms with Crippen LogP contribution in [-0.2, 0) is 21.2 Å². The molecule has 0 fully saturated rings. The highest BCUT2D eigenvalue weighted by atomic mass is 32.2. The third-order valence-corrected chi connectivity index (χ3v) is 4.00. The highest BCUT2D eigenvalue weighted by Crippen LogP contribution is 2.17. The SMILES string of the molecule is Cc1cc(COC(=O)c2cc(S(C)(=O)=O)ccc2C)no1. The van der Waals surface area contributed by atoms with Crippen molar-refractivity contribution in [1.82, 2.24) is 5.16 Å². The van der Waals surface area contributed by atoms with Crippen molar-refractivity contribution in [3.05, 3.63) is 46.8 Å². The summed E-state index contributed by atoms with van der Waals surface area (Å²) in [5.74, 6) is 0.0231. The Hall–Kier alpha value is -2.15. The molecule has 0 spiro atoms. The van der Waals surface area contributed by atoms with Gasteiger partial charge in [-0.2, -0.15) is 0 Å². The van der Waals surface area contributed by atoms with E-state index in [1.807, 2.05) is 0 Å². The van der Waals surface area contributed by atoms with Crippen molar-refractivity contribution in [3.8, 4) is 0 Å². The first kappa shape index (κ1) is 15.2. The van der Waals surface area contributed by atoms with E-state index in [0.717, 1.165) is 6.26 Å². The molecule has 7 heteroatoms. The molecule has 0 saturated carbocycles. The van der Waals surface area contributed by atoms with E-state index < -0.39 is 15.8 Å². The van der Waals surface area contributed by atoms with E-state index in [1.54, 1.807) is 26.0 Å². The number of carbonyl (C=O) groups is 1. The first-order valence-electron chi connectivity index (χ1n) is 6.17. The van der Waals surface area contributed by atoms with Crippen molar-refractivity contribution in [2.45, 2.75) is 25.3 Å². The fourth-order valence-electron chi connectivity index (χ4n) is 1.75. The fraction of sp³-hybridized carbons (Fsp3) is 0.286. The number of rotatable bonds is 4. The second kappa shape index (κ2) is 5.69. The molecule has 0 atom stereocenters. The molecule has 1 aromatic carbocycles. The van der Waals surface area contributed by atoms with Crippen molar-refractivity contribution in [3.63, 3.8) is 0 Å². The zero-order chi connectivity index (χ0) is 15.6. The lowest BCUT2D eigenvalue weighted by Crippen LogP contribution is -2.09. The Balaban J connectivity index is 2.18. The quantitative estimate of drug-likeness (QED) is 0.803. The van der Waals surface area contributed by atoms with E-state index in [-0.39, 0.29) is 17.1 Å². The lowest BCUT2D eigenvalue weighted by Gasteiger charge is -2.07. The Morgan fingerprint density at radius 1 is 1.29 bits per heavy atom. The van der Waals surface area contributed by atoms with Crippen LogP contribution in [0.25, 0.3) is 0 Å². The minimum Gasteiger partial charge on any atom is -0.455 e. The summed E-state index contributed by atoms with van der Waals surface area (Å²) in [5, 5.41) is 3.71. The molecule has 6 nitrogen and oxygen atoms in total. The van der Waals surface area contributed by atoms with Crippen LogP contribution in [-0.4, -0.2) is 25.8 Å². The molecule has 0 N–H and O–H groups in total. The predicted molar refractivity (Wildman–Crippen MR) is 74.6 cm³/mol. The molecule has 0 aliphatic rings. The maximum absolute atomic E-state index is 12.0. The summed E-state index contributed by atoms with van der Waals surface area (Å²) < 4.78 is 33.0. The second-order valence-electron chi connectivity index (χ2n) is 4.75. The maximum Gasteiger partial charge on any atom is 0.338 e. The Bertz CT molecular complexity index is 776. The Morgan fingerprint density at radius 2 is 2.00 bits per heavy atom. The summed E-state index contributed by atoms with van der Waals surface area (Å²) in [6, 6.07) is 6.02. The van der Waals surface area contributed by atoms with E-state index in [9.17, 15) is 13.2 Å². The molecular formula is C14H15NO5S. The minimum atomic E-state index is -3.37. The number of carbonyl (C=O) groups excluding carboxylic acids is 1. The highest BCUT2D eigenvalue weighted by molar-refractivity contribution is 7.90. The van der Waals surface area contributed by atoms with Crippen LogP contribution in [0.3, 0.4) is 0 Å². The fourth-order valence-corrected chi connectivity index (χ4v) is 2.40. The number of esters is 1. The standard InChI is InChI=1S/C14H15NO5S/c1-9-4-5-12(21(3,17)18)7-13(9)14(16)19-8-11-6-10(2)20-15-11/h4-7H,8H2,1-3H3. The molecule has 0 aliphatic carbocycles. The van der Waals surface area contributed by atoms with Gasteiger partial charge in [0.1, 0.15) is 18.1 Å². The van der Waals surface area contributed by atoms with Crippen molar-refractivity contribution in [1.29, 1.82) is 0 Å². The Kier molecular flexibility index (Phi) is 4.13. The molecule has 0 aliphatic heterocycles. The lowest BCUT2D eigenvalue weighted by molar-refractivity contribution is 0.0463. The molecule has 0 unspecified atom stereocenters. The van der Waals surface area contributed by atoms with Crippen LogP contribution in [0.5, 0.6) is 0 Å². The van der Waals surface area contributed by atoms with E-state index >= 15 is 0 Å². The molecule has 112 valence electrons. The van der Waals surface area contributed by atoms with Crippen LogP contribution in [0.2, 0.25) is 0 Å². The van der Waals surface area contributed by atoms with Gasteiger partial charge in [-0.1, -0.05) is 11.2 Å². The summed E-state index contributed by atoms with van der Waals surface area (Å²) >= 11 is 0. The zero-order valence-corrected chi connectivity index (χ0v) is 12.7. The highest BCUT2D eigenvalue weighted by Gasteiger charge is 2.16. The van der Waals surface area contributed by atoms with Gasteiger partial charge >= 0.3 is 5.97 Å². The topological polar surface area (TPSA) is 86.5 Å². The van der Waals surface area contributed by atoms with Gasteiger partial charge in [0.15, 0.2) is 9.84 Å². The van der Waals surface area contributed by atoms with E-state index in [0.29, 0.717) is 17.0 Å². The molecular weight excluding hydrogens is 294 g/mol. The largest absolute Gasteiger partial charge is 0.455 e. The van der Waals surface area contributed by atoms with Gasteiger partial charge in [0, 0.05) is 12.3 Å². The van der Waals surface area contributed by atoms with Gasteiger partial charge < -0.3 is 9.26 Å². The predicted octanol–water partition coefficient (Wildman–Crippen LogP) is 2.05. The van der Waals surface area contributed by atoms with Gasteiger partial charge in [0.2, 0.25) is 0 Å². The third-order valence-electron chi connectivity index (χ3n) is 2.89. The van der Waals surface area contributed by atoms with Crippen molar-refractivity contribution in [2.75, 3.05) is 6.26 Å². The van der Waals surface area contributed by atoms with Crippen LogP contribution in [0.15, 0.2) is 33.7 Å². The third kappa shape index (κ3) is 3.69. The number of ether oxygens (including phenoxy) is 1. The monoisotopic (exact) mass is 309 g/mol. The van der Waals surface area contributed by atoms with Gasteiger partial charge in [-0.3, -0.25) is 0 Å². The molecule has 0 amide bonds. The number of sulfone groups is 1. The first-order valence-corrected chi connectivity index (χ1v) is 8.06. The molecule has 1 heterocycles. The van der Waals surface area contributed by atoms with Crippen LogP contribution >= 0.6 is 0 Å². The van der Waals surface area contributed by atoms with Gasteiger partial charge in [-0.25, -0.2) is 13.2 Å². The lowest BCUT2D eigenvalue weighted by atomic mass is 10.1. The van der Waals surface area contributed by atoms with Crippen molar-refractivity contribution in [2.24, 2.45) is 0 Å². The zero-order valence-electron chi connectivity index (χ0n) is 11.9. The number of aryl methyl sites for hydroxylation is 2. The van der Waals surface area contributed by atoms with Crippen molar-refractivity contribution >= 4 is 15.8 Å². The van der Waals surface area contributed by atoms with E-state index in [2.05, 4.69) is 5.16 Å². The van der Waals surface area contributed by atoms with Gasteiger partial charge in [-0.05, 0) is 31.5 Å². The first-order chi connectivity index (χ1) is 9.77. The van der Waals surface area contributed by atoms with Crippen LogP contribution in [0.1, 0.15) is 27.4 Å². The molecule has 0 bridgehead atoms. The normalized spacial score (nSPS) is 11.4. The number of hydrogen-bond donors (Lipinski definition) is 0. The number of aromatic nitrogens is 1. The molecule has 2 rings (SSSR count). The minimum absolute atomic E-state index is 0.0291. The molecule has 2 aromatic rings.